The number of hydrogen-bond donors (Lipinski definition) is 0. The van der Waals surface area contributed by atoms with E-state index in [4.69, 9.17) is 0 Å². The molecule has 0 fully saturated rings. The van der Waals surface area contributed by atoms with Crippen LogP contribution in [0.1, 0.15) is 13.8 Å². The summed E-state index contributed by atoms with van der Waals surface area (Å²) in [6.45, 7) is 11.4. The molecule has 0 heteroatoms. The summed E-state index contributed by atoms with van der Waals surface area (Å²) in [5, 5.41) is 0. The van der Waals surface area contributed by atoms with Gasteiger partial charge in [0.2, 0.25) is 0 Å². The van der Waals surface area contributed by atoms with Crippen molar-refractivity contribution in [3.63, 3.8) is 0 Å². The molecule has 0 aromatic heterocycles. The fourth-order valence-electron chi connectivity index (χ4n) is 0. The van der Waals surface area contributed by atoms with Gasteiger partial charge in [-0.05, 0) is 19.4 Å². The summed E-state index contributed by atoms with van der Waals surface area (Å²) >= 11 is 0. The van der Waals surface area contributed by atoms with Gasteiger partial charge in [-0.2, -0.15) is 0 Å². The molecule has 0 heterocycles. The number of hydrogen-bond acceptors (Lipinski definition) is 0. The molecule has 0 nitrogen and oxygen atoms in total. The lowest BCUT2D eigenvalue weighted by Crippen LogP contribution is -1.84. The zero-order valence-electron chi connectivity index (χ0n) is 4.49. The highest BCUT2D eigenvalue weighted by Crippen LogP contribution is 2.01. The van der Waals surface area contributed by atoms with Gasteiger partial charge in [0.05, 0.1) is 6.92 Å². The molecular formula is C6H11+. The highest BCUT2D eigenvalue weighted by atomic mass is 13.9. The van der Waals surface area contributed by atoms with Crippen molar-refractivity contribution in [2.45, 2.75) is 13.8 Å². The van der Waals surface area contributed by atoms with E-state index in [9.17, 15) is 0 Å². The van der Waals surface area contributed by atoms with Crippen molar-refractivity contribution in [3.05, 3.63) is 19.1 Å². The Morgan fingerprint density at radius 1 is 1.83 bits per heavy atom. The summed E-state index contributed by atoms with van der Waals surface area (Å²) in [5.41, 5.74) is 1.15. The monoisotopic (exact) mass is 83.1 g/mol. The molecule has 0 N–H and O–H groups in total. The largest absolute Gasteiger partial charge is 0.113 e. The van der Waals surface area contributed by atoms with Gasteiger partial charge in [0.1, 0.15) is 5.92 Å². The Morgan fingerprint density at radius 3 is 2.00 bits per heavy atom. The molecule has 0 radical (unpaired) electrons. The maximum Gasteiger partial charge on any atom is 0.113 e. The molecule has 0 saturated heterocycles. The SMILES string of the molecule is C=C(C)[C@@H]([CH2+])C. The fourth-order valence-corrected chi connectivity index (χ4v) is 0. The minimum absolute atomic E-state index is 0.407. The summed E-state index contributed by atoms with van der Waals surface area (Å²) < 4.78 is 0. The first-order chi connectivity index (χ1) is 2.64. The molecule has 0 aliphatic rings. The molecule has 0 unspecified atom stereocenters. The average Bonchev–Trinajstić information content (AvgIpc) is 1.36. The van der Waals surface area contributed by atoms with E-state index in [1.54, 1.807) is 0 Å². The second-order valence-corrected chi connectivity index (χ2v) is 1.75. The van der Waals surface area contributed by atoms with Crippen molar-refractivity contribution < 1.29 is 0 Å². The van der Waals surface area contributed by atoms with E-state index < -0.39 is 0 Å². The molecular weight excluding hydrogens is 72.1 g/mol. The zero-order valence-corrected chi connectivity index (χ0v) is 4.49. The van der Waals surface area contributed by atoms with Gasteiger partial charge in [-0.3, -0.25) is 0 Å². The standard InChI is InChI=1S/C6H11/c1-5(2)6(3)4/h5H,1,3H2,2,4H3/q+1/t5-/m0/s1. The van der Waals surface area contributed by atoms with E-state index in [1.165, 1.54) is 0 Å². The third-order valence-corrected chi connectivity index (χ3v) is 0.841. The molecule has 0 amide bonds. The first-order valence-corrected chi connectivity index (χ1v) is 2.13. The van der Waals surface area contributed by atoms with Gasteiger partial charge in [0.25, 0.3) is 0 Å². The van der Waals surface area contributed by atoms with Gasteiger partial charge in [0.15, 0.2) is 0 Å². The second kappa shape index (κ2) is 1.91. The minimum atomic E-state index is 0.407. The van der Waals surface area contributed by atoms with Crippen molar-refractivity contribution in [3.8, 4) is 0 Å². The van der Waals surface area contributed by atoms with Crippen molar-refractivity contribution in [1.82, 2.24) is 0 Å². The van der Waals surface area contributed by atoms with Gasteiger partial charge >= 0.3 is 0 Å². The van der Waals surface area contributed by atoms with Crippen LogP contribution < -0.4 is 0 Å². The number of rotatable bonds is 1. The molecule has 1 atom stereocenters. The first-order valence-electron chi connectivity index (χ1n) is 2.13. The van der Waals surface area contributed by atoms with Crippen LogP contribution in [0.2, 0.25) is 0 Å². The van der Waals surface area contributed by atoms with Crippen molar-refractivity contribution >= 4 is 0 Å². The summed E-state index contributed by atoms with van der Waals surface area (Å²) in [5.74, 6) is 0.407. The first kappa shape index (κ1) is 5.61. The zero-order chi connectivity index (χ0) is 5.15. The maximum atomic E-state index is 3.74. The van der Waals surface area contributed by atoms with Crippen LogP contribution in [0.25, 0.3) is 0 Å². The van der Waals surface area contributed by atoms with Gasteiger partial charge in [-0.1, -0.05) is 6.58 Å². The van der Waals surface area contributed by atoms with E-state index >= 15 is 0 Å². The third kappa shape index (κ3) is 1.89. The molecule has 34 valence electrons. The van der Waals surface area contributed by atoms with Crippen molar-refractivity contribution in [2.75, 3.05) is 0 Å². The van der Waals surface area contributed by atoms with E-state index in [-0.39, 0.29) is 0 Å². The summed E-state index contributed by atoms with van der Waals surface area (Å²) in [4.78, 5) is 0. The lowest BCUT2D eigenvalue weighted by atomic mass is 10.1. The summed E-state index contributed by atoms with van der Waals surface area (Å²) in [6.07, 6.45) is 0. The van der Waals surface area contributed by atoms with Crippen LogP contribution in [0.15, 0.2) is 12.2 Å². The highest BCUT2D eigenvalue weighted by Gasteiger charge is 1.96. The topological polar surface area (TPSA) is 0 Å². The maximum absolute atomic E-state index is 3.74. The highest BCUT2D eigenvalue weighted by molar-refractivity contribution is 4.94. The molecule has 0 saturated carbocycles. The molecule has 0 spiro atoms. The van der Waals surface area contributed by atoms with Gasteiger partial charge in [0, 0.05) is 0 Å². The fraction of sp³-hybridized carbons (Fsp3) is 0.500. The van der Waals surface area contributed by atoms with E-state index in [0.29, 0.717) is 5.92 Å². The van der Waals surface area contributed by atoms with Crippen LogP contribution in [0.4, 0.5) is 0 Å². The van der Waals surface area contributed by atoms with Gasteiger partial charge < -0.3 is 0 Å². The molecule has 0 rings (SSSR count). The normalized spacial score (nSPS) is 13.7. The van der Waals surface area contributed by atoms with Crippen LogP contribution >= 0.6 is 0 Å². The Morgan fingerprint density at radius 2 is 2.00 bits per heavy atom. The molecule has 0 bridgehead atoms. The number of allylic oxidation sites excluding steroid dienone is 1. The molecule has 6 heavy (non-hydrogen) atoms. The van der Waals surface area contributed by atoms with Crippen LogP contribution in [0, 0.1) is 12.8 Å². The predicted molar refractivity (Wildman–Crippen MR) is 29.3 cm³/mol. The van der Waals surface area contributed by atoms with Gasteiger partial charge in [-0.25, -0.2) is 0 Å². The Bertz CT molecular complexity index is 51.1. The Kier molecular flexibility index (Phi) is 1.78. The smallest absolute Gasteiger partial charge is 0.0956 e. The Hall–Kier alpha value is -0.390. The van der Waals surface area contributed by atoms with E-state index in [1.807, 2.05) is 13.8 Å². The van der Waals surface area contributed by atoms with E-state index in [0.717, 1.165) is 5.57 Å². The quantitative estimate of drug-likeness (QED) is 0.336. The summed E-state index contributed by atoms with van der Waals surface area (Å²) in [7, 11) is 0. The Labute approximate surface area is 39.9 Å². The summed E-state index contributed by atoms with van der Waals surface area (Å²) in [6, 6.07) is 0. The minimum Gasteiger partial charge on any atom is -0.0956 e. The van der Waals surface area contributed by atoms with Crippen LogP contribution in [0.3, 0.4) is 0 Å². The van der Waals surface area contributed by atoms with Crippen LogP contribution in [0.5, 0.6) is 0 Å². The third-order valence-electron chi connectivity index (χ3n) is 0.841. The predicted octanol–water partition coefficient (Wildman–Crippen LogP) is 2.03. The molecule has 0 aliphatic heterocycles. The van der Waals surface area contributed by atoms with Crippen LogP contribution in [-0.2, 0) is 0 Å². The second-order valence-electron chi connectivity index (χ2n) is 1.75. The lowest BCUT2D eigenvalue weighted by Gasteiger charge is -1.89. The van der Waals surface area contributed by atoms with Crippen molar-refractivity contribution in [2.24, 2.45) is 5.92 Å². The van der Waals surface area contributed by atoms with Crippen molar-refractivity contribution in [1.29, 1.82) is 0 Å². The average molecular weight is 83.2 g/mol. The van der Waals surface area contributed by atoms with Gasteiger partial charge in [-0.15, -0.1) is 0 Å². The lowest BCUT2D eigenvalue weighted by molar-refractivity contribution is 0.864. The van der Waals surface area contributed by atoms with Crippen LogP contribution in [-0.4, -0.2) is 0 Å². The molecule has 0 aromatic carbocycles. The Balaban J connectivity index is 3.26. The molecule has 0 aromatic rings. The molecule has 0 aliphatic carbocycles. The van der Waals surface area contributed by atoms with E-state index in [2.05, 4.69) is 13.5 Å².